The summed E-state index contributed by atoms with van der Waals surface area (Å²) in [5, 5.41) is 4.50. The standard InChI is InChI=1S/C19H20ClN3/c1-13-5-4-8-17-22-18(14-9-11-15(20)12-10-14)19(23(13)17)21-16-6-2-3-7-16/h4-5,8-12,16,21H,2-3,6-7H2,1H3. The van der Waals surface area contributed by atoms with Crippen LogP contribution in [-0.4, -0.2) is 15.4 Å². The molecule has 23 heavy (non-hydrogen) atoms. The number of nitrogens with one attached hydrogen (secondary N) is 1. The van der Waals surface area contributed by atoms with Crippen LogP contribution in [0.25, 0.3) is 16.9 Å². The first-order chi connectivity index (χ1) is 11.2. The van der Waals surface area contributed by atoms with Crippen molar-refractivity contribution in [1.82, 2.24) is 9.38 Å². The number of halogens is 1. The van der Waals surface area contributed by atoms with E-state index >= 15 is 0 Å². The van der Waals surface area contributed by atoms with Gasteiger partial charge in [0.1, 0.15) is 17.2 Å². The average molecular weight is 326 g/mol. The lowest BCUT2D eigenvalue weighted by Gasteiger charge is -2.16. The van der Waals surface area contributed by atoms with Crippen molar-refractivity contribution in [1.29, 1.82) is 0 Å². The minimum atomic E-state index is 0.542. The molecule has 2 heterocycles. The highest BCUT2D eigenvalue weighted by Crippen LogP contribution is 2.33. The average Bonchev–Trinajstić information content (AvgIpc) is 3.17. The zero-order valence-electron chi connectivity index (χ0n) is 13.2. The third kappa shape index (κ3) is 2.70. The van der Waals surface area contributed by atoms with Crippen molar-refractivity contribution < 1.29 is 0 Å². The number of pyridine rings is 1. The molecule has 0 atom stereocenters. The smallest absolute Gasteiger partial charge is 0.139 e. The predicted molar refractivity (Wildman–Crippen MR) is 96.3 cm³/mol. The van der Waals surface area contributed by atoms with Crippen LogP contribution in [0.2, 0.25) is 5.02 Å². The van der Waals surface area contributed by atoms with E-state index in [0.29, 0.717) is 6.04 Å². The number of benzene rings is 1. The van der Waals surface area contributed by atoms with Gasteiger partial charge in [-0.05, 0) is 44.0 Å². The summed E-state index contributed by atoms with van der Waals surface area (Å²) in [6, 6.07) is 14.7. The Kier molecular flexibility index (Phi) is 3.74. The molecule has 118 valence electrons. The fraction of sp³-hybridized carbons (Fsp3) is 0.316. The monoisotopic (exact) mass is 325 g/mol. The largest absolute Gasteiger partial charge is 0.367 e. The Morgan fingerprint density at radius 2 is 1.83 bits per heavy atom. The minimum Gasteiger partial charge on any atom is -0.367 e. The molecule has 3 aromatic rings. The van der Waals surface area contributed by atoms with Gasteiger partial charge < -0.3 is 5.32 Å². The topological polar surface area (TPSA) is 29.3 Å². The van der Waals surface area contributed by atoms with Crippen LogP contribution < -0.4 is 5.32 Å². The van der Waals surface area contributed by atoms with Gasteiger partial charge in [0.2, 0.25) is 0 Å². The fourth-order valence-corrected chi connectivity index (χ4v) is 3.59. The van der Waals surface area contributed by atoms with E-state index in [0.717, 1.165) is 27.7 Å². The van der Waals surface area contributed by atoms with Crippen LogP contribution in [0.4, 0.5) is 5.82 Å². The Labute approximate surface area is 141 Å². The highest BCUT2D eigenvalue weighted by atomic mass is 35.5. The summed E-state index contributed by atoms with van der Waals surface area (Å²) in [5.74, 6) is 1.10. The Bertz CT molecular complexity index is 830. The van der Waals surface area contributed by atoms with Gasteiger partial charge >= 0.3 is 0 Å². The quantitative estimate of drug-likeness (QED) is 0.706. The molecule has 0 aliphatic heterocycles. The summed E-state index contributed by atoms with van der Waals surface area (Å²) in [6.45, 7) is 2.13. The maximum atomic E-state index is 6.04. The summed E-state index contributed by atoms with van der Waals surface area (Å²) < 4.78 is 2.22. The molecular formula is C19H20ClN3. The third-order valence-corrected chi connectivity index (χ3v) is 4.90. The number of aryl methyl sites for hydroxylation is 1. The number of aromatic nitrogens is 2. The molecule has 0 spiro atoms. The first kappa shape index (κ1) is 14.6. The van der Waals surface area contributed by atoms with Gasteiger partial charge in [-0.1, -0.05) is 42.6 Å². The first-order valence-electron chi connectivity index (χ1n) is 8.23. The molecule has 0 amide bonds. The van der Waals surface area contributed by atoms with Crippen molar-refractivity contribution in [2.24, 2.45) is 0 Å². The Hall–Kier alpha value is -2.00. The number of anilines is 1. The number of fused-ring (bicyclic) bond motifs is 1. The van der Waals surface area contributed by atoms with Crippen molar-refractivity contribution in [3.05, 3.63) is 53.2 Å². The van der Waals surface area contributed by atoms with E-state index in [9.17, 15) is 0 Å². The Morgan fingerprint density at radius 1 is 1.09 bits per heavy atom. The van der Waals surface area contributed by atoms with E-state index < -0.39 is 0 Å². The maximum Gasteiger partial charge on any atom is 0.139 e. The summed E-state index contributed by atoms with van der Waals surface area (Å²) in [7, 11) is 0. The zero-order valence-corrected chi connectivity index (χ0v) is 14.0. The number of nitrogens with zero attached hydrogens (tertiary/aromatic N) is 2. The molecule has 2 aromatic heterocycles. The second-order valence-corrected chi connectivity index (χ2v) is 6.74. The molecule has 1 aliphatic carbocycles. The fourth-order valence-electron chi connectivity index (χ4n) is 3.46. The van der Waals surface area contributed by atoms with E-state index in [4.69, 9.17) is 16.6 Å². The number of hydrogen-bond donors (Lipinski definition) is 1. The molecule has 4 rings (SSSR count). The molecule has 1 aliphatic rings. The van der Waals surface area contributed by atoms with Crippen molar-refractivity contribution in [2.45, 2.75) is 38.6 Å². The lowest BCUT2D eigenvalue weighted by atomic mass is 10.1. The number of rotatable bonds is 3. The van der Waals surface area contributed by atoms with Crippen LogP contribution in [0.15, 0.2) is 42.5 Å². The second-order valence-electron chi connectivity index (χ2n) is 6.30. The van der Waals surface area contributed by atoms with Crippen LogP contribution in [0, 0.1) is 6.92 Å². The molecule has 0 bridgehead atoms. The molecule has 3 nitrogen and oxygen atoms in total. The molecule has 1 N–H and O–H groups in total. The van der Waals surface area contributed by atoms with Crippen LogP contribution in [0.5, 0.6) is 0 Å². The van der Waals surface area contributed by atoms with Crippen molar-refractivity contribution in [3.63, 3.8) is 0 Å². The molecule has 1 aromatic carbocycles. The SMILES string of the molecule is Cc1cccc2nc(-c3ccc(Cl)cc3)c(NC3CCCC3)n12. The maximum absolute atomic E-state index is 6.04. The van der Waals surface area contributed by atoms with Crippen molar-refractivity contribution in [3.8, 4) is 11.3 Å². The highest BCUT2D eigenvalue weighted by Gasteiger charge is 2.21. The van der Waals surface area contributed by atoms with E-state index in [1.807, 2.05) is 24.3 Å². The van der Waals surface area contributed by atoms with Crippen LogP contribution >= 0.6 is 11.6 Å². The summed E-state index contributed by atoms with van der Waals surface area (Å²) >= 11 is 6.04. The van der Waals surface area contributed by atoms with Crippen LogP contribution in [0.1, 0.15) is 31.4 Å². The van der Waals surface area contributed by atoms with Gasteiger partial charge in [-0.3, -0.25) is 4.40 Å². The summed E-state index contributed by atoms with van der Waals surface area (Å²) in [6.07, 6.45) is 5.09. The zero-order chi connectivity index (χ0) is 15.8. The van der Waals surface area contributed by atoms with E-state index in [1.165, 1.54) is 31.4 Å². The number of imidazole rings is 1. The van der Waals surface area contributed by atoms with Gasteiger partial charge in [-0.15, -0.1) is 0 Å². The molecule has 0 radical (unpaired) electrons. The van der Waals surface area contributed by atoms with Crippen molar-refractivity contribution in [2.75, 3.05) is 5.32 Å². The Balaban J connectivity index is 1.87. The van der Waals surface area contributed by atoms with E-state index in [1.54, 1.807) is 0 Å². The van der Waals surface area contributed by atoms with E-state index in [2.05, 4.69) is 34.8 Å². The second kappa shape index (κ2) is 5.89. The van der Waals surface area contributed by atoms with Gasteiger partial charge in [-0.25, -0.2) is 4.98 Å². The van der Waals surface area contributed by atoms with Crippen LogP contribution in [0.3, 0.4) is 0 Å². The summed E-state index contributed by atoms with van der Waals surface area (Å²) in [5.41, 5.74) is 4.27. The van der Waals surface area contributed by atoms with Gasteiger partial charge in [0.05, 0.1) is 0 Å². The van der Waals surface area contributed by atoms with Gasteiger partial charge in [0.15, 0.2) is 0 Å². The number of hydrogen-bond acceptors (Lipinski definition) is 2. The highest BCUT2D eigenvalue weighted by molar-refractivity contribution is 6.30. The molecule has 0 saturated heterocycles. The minimum absolute atomic E-state index is 0.542. The first-order valence-corrected chi connectivity index (χ1v) is 8.61. The molecule has 1 saturated carbocycles. The van der Waals surface area contributed by atoms with Gasteiger partial charge in [0, 0.05) is 22.3 Å². The molecular weight excluding hydrogens is 306 g/mol. The molecule has 0 unspecified atom stereocenters. The van der Waals surface area contributed by atoms with Crippen LogP contribution in [-0.2, 0) is 0 Å². The van der Waals surface area contributed by atoms with Gasteiger partial charge in [-0.2, -0.15) is 0 Å². The third-order valence-electron chi connectivity index (χ3n) is 4.65. The lowest BCUT2D eigenvalue weighted by Crippen LogP contribution is -2.16. The predicted octanol–water partition coefficient (Wildman–Crippen LogP) is 5.32. The molecule has 4 heteroatoms. The Morgan fingerprint density at radius 3 is 2.57 bits per heavy atom. The molecule has 1 fully saturated rings. The van der Waals surface area contributed by atoms with Crippen molar-refractivity contribution >= 4 is 23.1 Å². The normalized spacial score (nSPS) is 15.4. The lowest BCUT2D eigenvalue weighted by molar-refractivity contribution is 0.748. The van der Waals surface area contributed by atoms with Gasteiger partial charge in [0.25, 0.3) is 0 Å². The van der Waals surface area contributed by atoms with E-state index in [-0.39, 0.29) is 0 Å². The summed E-state index contributed by atoms with van der Waals surface area (Å²) in [4.78, 5) is 4.87.